The number of nitrogens with one attached hydrogen (secondary N) is 1. The van der Waals surface area contributed by atoms with Gasteiger partial charge >= 0.3 is 0 Å². The number of hydrogen-bond donors (Lipinski definition) is 1. The van der Waals surface area contributed by atoms with E-state index >= 15 is 0 Å². The molecule has 1 unspecified atom stereocenters. The summed E-state index contributed by atoms with van der Waals surface area (Å²) in [7, 11) is 0. The maximum Gasteiger partial charge on any atom is 0.261 e. The van der Waals surface area contributed by atoms with E-state index in [9.17, 15) is 4.79 Å². The average Bonchev–Trinajstić information content (AvgIpc) is 3.16. The Morgan fingerprint density at radius 3 is 2.79 bits per heavy atom. The lowest BCUT2D eigenvalue weighted by atomic mass is 9.72. The summed E-state index contributed by atoms with van der Waals surface area (Å²) in [4.78, 5) is 21.7. The summed E-state index contributed by atoms with van der Waals surface area (Å²) in [6, 6.07) is 6.20. The van der Waals surface area contributed by atoms with E-state index in [1.165, 1.54) is 16.9 Å². The number of rotatable bonds is 4. The Bertz CT molecular complexity index is 848. The zero-order valence-corrected chi connectivity index (χ0v) is 18.5. The molecule has 5 nitrogen and oxygen atoms in total. The van der Waals surface area contributed by atoms with E-state index in [0.29, 0.717) is 17.9 Å². The van der Waals surface area contributed by atoms with Gasteiger partial charge in [-0.3, -0.25) is 4.79 Å². The number of nitrogens with zero attached hydrogens (tertiary/aromatic N) is 2. The normalized spacial score (nSPS) is 19.7. The number of morpholine rings is 1. The molecule has 2 aliphatic rings. The van der Waals surface area contributed by atoms with Crippen molar-refractivity contribution < 1.29 is 9.53 Å². The van der Waals surface area contributed by atoms with Crippen LogP contribution in [0.1, 0.15) is 52.9 Å². The van der Waals surface area contributed by atoms with Crippen molar-refractivity contribution in [2.24, 2.45) is 11.3 Å². The number of hydrogen-bond acceptors (Lipinski definition) is 5. The van der Waals surface area contributed by atoms with Crippen molar-refractivity contribution >= 4 is 23.1 Å². The predicted molar refractivity (Wildman–Crippen MR) is 118 cm³/mol. The summed E-state index contributed by atoms with van der Waals surface area (Å²) in [6.07, 6.45) is 5.27. The van der Waals surface area contributed by atoms with Crippen molar-refractivity contribution in [3.05, 3.63) is 45.3 Å². The Labute approximate surface area is 177 Å². The fourth-order valence-corrected chi connectivity index (χ4v) is 5.27. The van der Waals surface area contributed by atoms with Gasteiger partial charge in [0.2, 0.25) is 0 Å². The van der Waals surface area contributed by atoms with Gasteiger partial charge in [-0.15, -0.1) is 11.3 Å². The first kappa shape index (κ1) is 20.4. The van der Waals surface area contributed by atoms with E-state index in [0.717, 1.165) is 55.4 Å². The Kier molecular flexibility index (Phi) is 5.93. The minimum Gasteiger partial charge on any atom is -0.378 e. The molecule has 0 aromatic carbocycles. The van der Waals surface area contributed by atoms with Crippen molar-refractivity contribution in [3.63, 3.8) is 0 Å². The molecular formula is C23H31N3O2S. The van der Waals surface area contributed by atoms with Gasteiger partial charge in [0, 0.05) is 30.7 Å². The van der Waals surface area contributed by atoms with Gasteiger partial charge in [-0.05, 0) is 53.9 Å². The highest BCUT2D eigenvalue weighted by Crippen LogP contribution is 2.40. The summed E-state index contributed by atoms with van der Waals surface area (Å²) < 4.78 is 5.39. The first-order valence-corrected chi connectivity index (χ1v) is 11.4. The molecule has 0 spiro atoms. The van der Waals surface area contributed by atoms with Crippen molar-refractivity contribution in [1.29, 1.82) is 0 Å². The van der Waals surface area contributed by atoms with Crippen LogP contribution in [-0.2, 0) is 24.1 Å². The monoisotopic (exact) mass is 413 g/mol. The summed E-state index contributed by atoms with van der Waals surface area (Å²) >= 11 is 1.67. The first-order valence-electron chi connectivity index (χ1n) is 10.6. The number of anilines is 1. The molecule has 156 valence electrons. The predicted octanol–water partition coefficient (Wildman–Crippen LogP) is 4.06. The van der Waals surface area contributed by atoms with Crippen LogP contribution in [0.25, 0.3) is 0 Å². The number of thiophene rings is 1. The van der Waals surface area contributed by atoms with Gasteiger partial charge in [-0.1, -0.05) is 26.8 Å². The van der Waals surface area contributed by atoms with Crippen LogP contribution in [0.5, 0.6) is 0 Å². The minimum atomic E-state index is 0.0222. The molecule has 1 amide bonds. The molecule has 4 rings (SSSR count). The highest BCUT2D eigenvalue weighted by molar-refractivity contribution is 7.14. The number of carbonyl (C=O) groups is 1. The molecule has 29 heavy (non-hydrogen) atoms. The van der Waals surface area contributed by atoms with Crippen LogP contribution in [0.4, 0.5) is 5.82 Å². The van der Waals surface area contributed by atoms with E-state index in [2.05, 4.69) is 42.0 Å². The van der Waals surface area contributed by atoms with Crippen molar-refractivity contribution in [3.8, 4) is 0 Å². The summed E-state index contributed by atoms with van der Waals surface area (Å²) in [5, 5.41) is 3.06. The number of aryl methyl sites for hydroxylation is 1. The highest BCUT2D eigenvalue weighted by atomic mass is 32.1. The van der Waals surface area contributed by atoms with Gasteiger partial charge in [0.15, 0.2) is 0 Å². The molecule has 2 aromatic heterocycles. The molecule has 1 fully saturated rings. The topological polar surface area (TPSA) is 54.5 Å². The number of amides is 1. The number of fused-ring (bicyclic) bond motifs is 1. The van der Waals surface area contributed by atoms with Crippen LogP contribution in [0.15, 0.2) is 24.4 Å². The van der Waals surface area contributed by atoms with Gasteiger partial charge < -0.3 is 15.0 Å². The van der Waals surface area contributed by atoms with Crippen LogP contribution in [-0.4, -0.2) is 37.2 Å². The molecular weight excluding hydrogens is 382 g/mol. The van der Waals surface area contributed by atoms with E-state index in [1.807, 2.05) is 18.3 Å². The van der Waals surface area contributed by atoms with E-state index in [4.69, 9.17) is 4.74 Å². The summed E-state index contributed by atoms with van der Waals surface area (Å²) in [6.45, 7) is 10.7. The van der Waals surface area contributed by atoms with E-state index in [1.54, 1.807) is 11.3 Å². The molecule has 2 aromatic rings. The highest BCUT2D eigenvalue weighted by Gasteiger charge is 2.30. The average molecular weight is 414 g/mol. The molecule has 1 saturated heterocycles. The van der Waals surface area contributed by atoms with Crippen molar-refractivity contribution in [2.45, 2.75) is 46.6 Å². The number of aromatic nitrogens is 1. The second-order valence-electron chi connectivity index (χ2n) is 9.17. The maximum absolute atomic E-state index is 12.7. The SMILES string of the molecule is CC(C)(C)C1CCc2sc(C(=O)NCc3ccc(N4CCOCC4)nc3)cc2C1. The van der Waals surface area contributed by atoms with Gasteiger partial charge in [-0.25, -0.2) is 4.98 Å². The number of carbonyl (C=O) groups excluding carboxylic acids is 1. The lowest BCUT2D eigenvalue weighted by Gasteiger charge is -2.33. The Hall–Kier alpha value is -1.92. The Balaban J connectivity index is 1.34. The summed E-state index contributed by atoms with van der Waals surface area (Å²) in [5.41, 5.74) is 2.72. The number of pyridine rings is 1. The van der Waals surface area contributed by atoms with Crippen LogP contribution in [0.2, 0.25) is 0 Å². The lowest BCUT2D eigenvalue weighted by Crippen LogP contribution is -2.36. The molecule has 0 bridgehead atoms. The molecule has 1 atom stereocenters. The Morgan fingerprint density at radius 1 is 1.31 bits per heavy atom. The minimum absolute atomic E-state index is 0.0222. The van der Waals surface area contributed by atoms with Gasteiger partial charge in [0.1, 0.15) is 5.82 Å². The fraction of sp³-hybridized carbons (Fsp3) is 0.565. The third-order valence-electron chi connectivity index (χ3n) is 6.13. The number of ether oxygens (including phenoxy) is 1. The quantitative estimate of drug-likeness (QED) is 0.821. The van der Waals surface area contributed by atoms with Crippen LogP contribution < -0.4 is 10.2 Å². The smallest absolute Gasteiger partial charge is 0.261 e. The fourth-order valence-electron chi connectivity index (χ4n) is 4.14. The van der Waals surface area contributed by atoms with Crippen LogP contribution >= 0.6 is 11.3 Å². The van der Waals surface area contributed by atoms with Gasteiger partial charge in [0.25, 0.3) is 5.91 Å². The second kappa shape index (κ2) is 8.44. The van der Waals surface area contributed by atoms with Crippen molar-refractivity contribution in [1.82, 2.24) is 10.3 Å². The standard InChI is InChI=1S/C23H31N3O2S/c1-23(2,3)18-5-6-19-17(12-18)13-20(29-19)22(27)25-15-16-4-7-21(24-14-16)26-8-10-28-11-9-26/h4,7,13-14,18H,5-6,8-12,15H2,1-3H3,(H,25,27). The second-order valence-corrected chi connectivity index (χ2v) is 10.3. The van der Waals surface area contributed by atoms with Crippen LogP contribution in [0.3, 0.4) is 0 Å². The molecule has 1 aliphatic heterocycles. The third-order valence-corrected chi connectivity index (χ3v) is 7.36. The molecule has 0 radical (unpaired) electrons. The summed E-state index contributed by atoms with van der Waals surface area (Å²) in [5.74, 6) is 1.69. The Morgan fingerprint density at radius 2 is 2.10 bits per heavy atom. The molecule has 0 saturated carbocycles. The molecule has 6 heteroatoms. The zero-order chi connectivity index (χ0) is 20.4. The lowest BCUT2D eigenvalue weighted by molar-refractivity contribution is 0.0955. The first-order chi connectivity index (χ1) is 13.9. The maximum atomic E-state index is 12.7. The zero-order valence-electron chi connectivity index (χ0n) is 17.7. The molecule has 1 aliphatic carbocycles. The van der Waals surface area contributed by atoms with Crippen LogP contribution in [0, 0.1) is 11.3 Å². The van der Waals surface area contributed by atoms with Gasteiger partial charge in [-0.2, -0.15) is 0 Å². The largest absolute Gasteiger partial charge is 0.378 e. The van der Waals surface area contributed by atoms with Gasteiger partial charge in [0.05, 0.1) is 18.1 Å². The van der Waals surface area contributed by atoms with E-state index in [-0.39, 0.29) is 5.91 Å². The molecule has 1 N–H and O–H groups in total. The van der Waals surface area contributed by atoms with Crippen molar-refractivity contribution in [2.75, 3.05) is 31.2 Å². The van der Waals surface area contributed by atoms with E-state index < -0.39 is 0 Å². The molecule has 3 heterocycles. The third kappa shape index (κ3) is 4.81.